The van der Waals surface area contributed by atoms with Gasteiger partial charge in [-0.3, -0.25) is 4.90 Å². The van der Waals surface area contributed by atoms with Crippen LogP contribution in [0.3, 0.4) is 0 Å². The molecule has 2 amide bonds. The zero-order valence-corrected chi connectivity index (χ0v) is 15.5. The Labute approximate surface area is 159 Å². The molecule has 0 saturated carbocycles. The van der Waals surface area contributed by atoms with E-state index in [1.54, 1.807) is 12.1 Å². The molecule has 0 spiro atoms. The summed E-state index contributed by atoms with van der Waals surface area (Å²) < 4.78 is 0. The van der Waals surface area contributed by atoms with Crippen LogP contribution in [0.15, 0.2) is 54.6 Å². The Morgan fingerprint density at radius 2 is 1.65 bits per heavy atom. The molecular formula is C21H24ClN3O. The van der Waals surface area contributed by atoms with E-state index >= 15 is 0 Å². The largest absolute Gasteiger partial charge is 0.335 e. The Morgan fingerprint density at radius 3 is 2.31 bits per heavy atom. The predicted molar refractivity (Wildman–Crippen MR) is 105 cm³/mol. The Bertz CT molecular complexity index is 736. The summed E-state index contributed by atoms with van der Waals surface area (Å²) in [7, 11) is 0. The second kappa shape index (κ2) is 7.68. The molecule has 136 valence electrons. The minimum absolute atomic E-state index is 0.131. The van der Waals surface area contributed by atoms with Crippen LogP contribution in [0.4, 0.5) is 10.5 Å². The first-order valence-electron chi connectivity index (χ1n) is 9.30. The predicted octanol–water partition coefficient (Wildman–Crippen LogP) is 4.66. The molecule has 2 aromatic rings. The molecule has 0 aliphatic carbocycles. The van der Waals surface area contributed by atoms with Crippen molar-refractivity contribution in [2.24, 2.45) is 0 Å². The molecule has 4 rings (SSSR count). The lowest BCUT2D eigenvalue weighted by Crippen LogP contribution is -2.50. The van der Waals surface area contributed by atoms with Crippen LogP contribution in [-0.2, 0) is 6.54 Å². The average molecular weight is 370 g/mol. The van der Waals surface area contributed by atoms with Crippen LogP contribution in [0.2, 0.25) is 5.02 Å². The van der Waals surface area contributed by atoms with E-state index in [4.69, 9.17) is 11.6 Å². The van der Waals surface area contributed by atoms with Crippen LogP contribution in [0.1, 0.15) is 31.2 Å². The van der Waals surface area contributed by atoms with Crippen molar-refractivity contribution in [2.45, 2.75) is 50.4 Å². The van der Waals surface area contributed by atoms with Gasteiger partial charge >= 0.3 is 6.03 Å². The van der Waals surface area contributed by atoms with E-state index in [1.165, 1.54) is 18.4 Å². The Morgan fingerprint density at radius 1 is 1.00 bits per heavy atom. The van der Waals surface area contributed by atoms with E-state index in [1.807, 2.05) is 12.1 Å². The van der Waals surface area contributed by atoms with Crippen LogP contribution in [0, 0.1) is 0 Å². The number of rotatable bonds is 4. The van der Waals surface area contributed by atoms with E-state index in [2.05, 4.69) is 45.9 Å². The van der Waals surface area contributed by atoms with Gasteiger partial charge in [-0.05, 0) is 55.5 Å². The van der Waals surface area contributed by atoms with Gasteiger partial charge in [0, 0.05) is 35.4 Å². The fourth-order valence-electron chi connectivity index (χ4n) is 4.33. The van der Waals surface area contributed by atoms with Crippen LogP contribution in [0.5, 0.6) is 0 Å². The molecule has 0 radical (unpaired) electrons. The van der Waals surface area contributed by atoms with Gasteiger partial charge in [-0.15, -0.1) is 0 Å². The first-order valence-corrected chi connectivity index (χ1v) is 9.68. The van der Waals surface area contributed by atoms with Gasteiger partial charge in [-0.25, -0.2) is 4.79 Å². The maximum atomic E-state index is 12.3. The number of hydrogen-bond acceptors (Lipinski definition) is 2. The first-order chi connectivity index (χ1) is 12.7. The number of benzene rings is 2. The summed E-state index contributed by atoms with van der Waals surface area (Å²) in [5.74, 6) is 0. The molecule has 26 heavy (non-hydrogen) atoms. The molecule has 5 heteroatoms. The molecule has 2 N–H and O–H groups in total. The molecule has 3 atom stereocenters. The van der Waals surface area contributed by atoms with Crippen molar-refractivity contribution in [3.8, 4) is 0 Å². The number of fused-ring (bicyclic) bond motifs is 2. The Kier molecular flexibility index (Phi) is 5.14. The summed E-state index contributed by atoms with van der Waals surface area (Å²) in [4.78, 5) is 14.9. The molecule has 2 aromatic carbocycles. The fraction of sp³-hybridized carbons (Fsp3) is 0.381. The summed E-state index contributed by atoms with van der Waals surface area (Å²) in [6.07, 6.45) is 4.51. The van der Waals surface area contributed by atoms with Crippen LogP contribution < -0.4 is 10.6 Å². The molecular weight excluding hydrogens is 346 g/mol. The molecule has 2 aliphatic heterocycles. The van der Waals surface area contributed by atoms with Crippen molar-refractivity contribution < 1.29 is 4.79 Å². The average Bonchev–Trinajstić information content (AvgIpc) is 2.87. The van der Waals surface area contributed by atoms with Gasteiger partial charge in [0.2, 0.25) is 0 Å². The number of nitrogens with zero attached hydrogens (tertiary/aromatic N) is 1. The van der Waals surface area contributed by atoms with Gasteiger partial charge < -0.3 is 10.6 Å². The maximum Gasteiger partial charge on any atom is 0.319 e. The van der Waals surface area contributed by atoms with Gasteiger partial charge in [0.1, 0.15) is 0 Å². The molecule has 0 aromatic heterocycles. The number of urea groups is 1. The van der Waals surface area contributed by atoms with Crippen molar-refractivity contribution >= 4 is 23.3 Å². The van der Waals surface area contributed by atoms with Gasteiger partial charge in [0.15, 0.2) is 0 Å². The number of hydrogen-bond donors (Lipinski definition) is 2. The third-order valence-corrected chi connectivity index (χ3v) is 5.78. The third kappa shape index (κ3) is 4.02. The number of piperidine rings is 1. The number of amides is 2. The molecule has 2 saturated heterocycles. The second-order valence-electron chi connectivity index (χ2n) is 7.32. The summed E-state index contributed by atoms with van der Waals surface area (Å²) >= 11 is 5.88. The van der Waals surface area contributed by atoms with Gasteiger partial charge in [-0.1, -0.05) is 41.9 Å². The maximum absolute atomic E-state index is 12.3. The summed E-state index contributed by atoms with van der Waals surface area (Å²) in [6, 6.07) is 19.1. The summed E-state index contributed by atoms with van der Waals surface area (Å²) in [5, 5.41) is 6.72. The van der Waals surface area contributed by atoms with E-state index in [0.717, 1.165) is 25.1 Å². The van der Waals surface area contributed by atoms with Crippen molar-refractivity contribution in [3.63, 3.8) is 0 Å². The number of carbonyl (C=O) groups excluding carboxylic acids is 1. The second-order valence-corrected chi connectivity index (χ2v) is 7.75. The van der Waals surface area contributed by atoms with Crippen molar-refractivity contribution in [2.75, 3.05) is 5.32 Å². The lowest BCUT2D eigenvalue weighted by molar-refractivity contribution is 0.112. The SMILES string of the molecule is O=C(Nc1ccc(Cl)cc1)NC1C[C@H]2CC[C@@H](C1)N2Cc1ccccc1. The quantitative estimate of drug-likeness (QED) is 0.823. The standard InChI is InChI=1S/C21H24ClN3O/c22-16-6-8-17(9-7-16)23-21(26)24-18-12-19-10-11-20(13-18)25(19)14-15-4-2-1-3-5-15/h1-9,18-20H,10-14H2,(H2,23,24,26)/t18?,19-,20+. The zero-order chi connectivity index (χ0) is 17.9. The van der Waals surface area contributed by atoms with Crippen molar-refractivity contribution in [3.05, 3.63) is 65.2 Å². The lowest BCUT2D eigenvalue weighted by Gasteiger charge is -2.39. The zero-order valence-electron chi connectivity index (χ0n) is 14.7. The Hall–Kier alpha value is -2.04. The van der Waals surface area contributed by atoms with E-state index < -0.39 is 0 Å². The van der Waals surface area contributed by atoms with Crippen LogP contribution >= 0.6 is 11.6 Å². The topological polar surface area (TPSA) is 44.4 Å². The molecule has 1 unspecified atom stereocenters. The number of anilines is 1. The van der Waals surface area contributed by atoms with Gasteiger partial charge in [0.25, 0.3) is 0 Å². The van der Waals surface area contributed by atoms with E-state index in [9.17, 15) is 4.79 Å². The van der Waals surface area contributed by atoms with Crippen LogP contribution in [-0.4, -0.2) is 29.1 Å². The molecule has 4 nitrogen and oxygen atoms in total. The number of carbonyl (C=O) groups is 1. The fourth-order valence-corrected chi connectivity index (χ4v) is 4.46. The smallest absolute Gasteiger partial charge is 0.319 e. The molecule has 2 fully saturated rings. The summed E-state index contributed by atoms with van der Waals surface area (Å²) in [5.41, 5.74) is 2.13. The Balaban J connectivity index is 1.32. The number of nitrogens with one attached hydrogen (secondary N) is 2. The lowest BCUT2D eigenvalue weighted by atomic mass is 9.96. The highest BCUT2D eigenvalue weighted by Crippen LogP contribution is 2.36. The first kappa shape index (κ1) is 17.4. The van der Waals surface area contributed by atoms with Gasteiger partial charge in [0.05, 0.1) is 0 Å². The highest BCUT2D eigenvalue weighted by molar-refractivity contribution is 6.30. The van der Waals surface area contributed by atoms with E-state index in [-0.39, 0.29) is 12.1 Å². The normalized spacial score (nSPS) is 25.0. The monoisotopic (exact) mass is 369 g/mol. The molecule has 2 heterocycles. The third-order valence-electron chi connectivity index (χ3n) is 5.53. The minimum atomic E-state index is -0.131. The van der Waals surface area contributed by atoms with E-state index in [0.29, 0.717) is 17.1 Å². The van der Waals surface area contributed by atoms with Gasteiger partial charge in [-0.2, -0.15) is 0 Å². The van der Waals surface area contributed by atoms with Crippen LogP contribution in [0.25, 0.3) is 0 Å². The highest BCUT2D eigenvalue weighted by Gasteiger charge is 2.40. The number of halogens is 1. The highest BCUT2D eigenvalue weighted by atomic mass is 35.5. The molecule has 2 aliphatic rings. The minimum Gasteiger partial charge on any atom is -0.335 e. The molecule has 2 bridgehead atoms. The summed E-state index contributed by atoms with van der Waals surface area (Å²) in [6.45, 7) is 1.01. The van der Waals surface area contributed by atoms with Crippen molar-refractivity contribution in [1.82, 2.24) is 10.2 Å². The van der Waals surface area contributed by atoms with Crippen molar-refractivity contribution in [1.29, 1.82) is 0 Å².